The number of likely N-dealkylation sites (tertiary alicyclic amines) is 1. The normalized spacial score (nSPS) is 20.8. The van der Waals surface area contributed by atoms with Crippen molar-refractivity contribution in [1.29, 1.82) is 0 Å². The van der Waals surface area contributed by atoms with Crippen LogP contribution in [0.15, 0.2) is 42.5 Å². The van der Waals surface area contributed by atoms with Crippen LogP contribution in [0.2, 0.25) is 10.0 Å². The zero-order valence-electron chi connectivity index (χ0n) is 18.5. The Bertz CT molecular complexity index is 1070. The monoisotopic (exact) mass is 488 g/mol. The molecule has 0 radical (unpaired) electrons. The second kappa shape index (κ2) is 9.84. The Kier molecular flexibility index (Phi) is 7.07. The van der Waals surface area contributed by atoms with E-state index in [1.807, 2.05) is 12.1 Å². The summed E-state index contributed by atoms with van der Waals surface area (Å²) in [6.07, 6.45) is 0.548. The number of benzene rings is 2. The number of Topliss-reactive ketones (excluding diaryl/α,β-unsaturated/α-hetero) is 1. The average molecular weight is 489 g/mol. The third-order valence-electron chi connectivity index (χ3n) is 6.26. The highest BCUT2D eigenvalue weighted by Gasteiger charge is 2.48. The fourth-order valence-corrected chi connectivity index (χ4v) is 4.73. The Hall–Kier alpha value is -2.41. The van der Waals surface area contributed by atoms with Crippen LogP contribution in [-0.4, -0.2) is 53.8 Å². The lowest BCUT2D eigenvalue weighted by Crippen LogP contribution is -2.53. The molecule has 2 fully saturated rings. The van der Waals surface area contributed by atoms with Crippen LogP contribution in [0.25, 0.3) is 0 Å². The first-order valence-electron chi connectivity index (χ1n) is 11.0. The standard InChI is InChI=1S/C25H26Cl2N2O4/c1-14(2)16-4-6-17(7-5-16)24(31)28-20(12-15-3-8-18(26)19(27)11-15)25(32)29-10-9-22-23(29)21(30)13-33-22/h3-8,11,14,20,22-23H,9-10,12-13H2,1-2H3,(H,28,31). The van der Waals surface area contributed by atoms with E-state index in [1.165, 1.54) is 0 Å². The van der Waals surface area contributed by atoms with Gasteiger partial charge in [-0.2, -0.15) is 0 Å². The molecule has 4 rings (SSSR count). The SMILES string of the molecule is CC(C)c1ccc(C(=O)NC(Cc2ccc(Cl)c(Cl)c2)C(=O)N2CCC3OCC(=O)C32)cc1. The minimum atomic E-state index is -0.869. The van der Waals surface area contributed by atoms with Crippen molar-refractivity contribution < 1.29 is 19.1 Å². The number of nitrogens with zero attached hydrogens (tertiary/aromatic N) is 1. The van der Waals surface area contributed by atoms with Gasteiger partial charge in [-0.1, -0.05) is 55.2 Å². The first-order chi connectivity index (χ1) is 15.7. The number of ether oxygens (including phenoxy) is 1. The maximum absolute atomic E-state index is 13.5. The number of amides is 2. The van der Waals surface area contributed by atoms with E-state index in [-0.39, 0.29) is 36.7 Å². The first-order valence-corrected chi connectivity index (χ1v) is 11.8. The highest BCUT2D eigenvalue weighted by molar-refractivity contribution is 6.42. The van der Waals surface area contributed by atoms with Gasteiger partial charge in [-0.15, -0.1) is 0 Å². The summed E-state index contributed by atoms with van der Waals surface area (Å²) >= 11 is 12.2. The molecule has 1 N–H and O–H groups in total. The quantitative estimate of drug-likeness (QED) is 0.665. The largest absolute Gasteiger partial charge is 0.368 e. The minimum absolute atomic E-state index is 0.0190. The third kappa shape index (κ3) is 5.08. The van der Waals surface area contributed by atoms with E-state index in [9.17, 15) is 14.4 Å². The Morgan fingerprint density at radius 2 is 1.85 bits per heavy atom. The van der Waals surface area contributed by atoms with Gasteiger partial charge in [0.1, 0.15) is 18.7 Å². The molecule has 2 aromatic rings. The zero-order valence-corrected chi connectivity index (χ0v) is 20.0. The maximum atomic E-state index is 13.5. The minimum Gasteiger partial charge on any atom is -0.368 e. The summed E-state index contributed by atoms with van der Waals surface area (Å²) in [5.41, 5.74) is 2.34. The Morgan fingerprint density at radius 1 is 1.12 bits per heavy atom. The molecular formula is C25H26Cl2N2O4. The molecule has 0 saturated carbocycles. The first kappa shape index (κ1) is 23.7. The lowest BCUT2D eigenvalue weighted by atomic mass is 10.0. The summed E-state index contributed by atoms with van der Waals surface area (Å²) in [6.45, 7) is 4.60. The van der Waals surface area contributed by atoms with E-state index in [1.54, 1.807) is 35.2 Å². The van der Waals surface area contributed by atoms with Crippen LogP contribution in [0.1, 0.15) is 47.7 Å². The number of carbonyl (C=O) groups excluding carboxylic acids is 3. The van der Waals surface area contributed by atoms with Gasteiger partial charge < -0.3 is 15.0 Å². The van der Waals surface area contributed by atoms with Crippen molar-refractivity contribution in [1.82, 2.24) is 10.2 Å². The van der Waals surface area contributed by atoms with E-state index >= 15 is 0 Å². The molecular weight excluding hydrogens is 463 g/mol. The van der Waals surface area contributed by atoms with Gasteiger partial charge in [-0.05, 0) is 47.7 Å². The zero-order chi connectivity index (χ0) is 23.7. The number of halogens is 2. The van der Waals surface area contributed by atoms with Crippen molar-refractivity contribution >= 4 is 40.8 Å². The van der Waals surface area contributed by atoms with Crippen molar-refractivity contribution in [2.45, 2.75) is 50.8 Å². The van der Waals surface area contributed by atoms with E-state index in [0.29, 0.717) is 34.5 Å². The topological polar surface area (TPSA) is 75.7 Å². The molecule has 0 bridgehead atoms. The van der Waals surface area contributed by atoms with E-state index in [0.717, 1.165) is 11.1 Å². The lowest BCUT2D eigenvalue weighted by molar-refractivity contribution is -0.138. The lowest BCUT2D eigenvalue weighted by Gasteiger charge is -2.28. The molecule has 6 nitrogen and oxygen atoms in total. The summed E-state index contributed by atoms with van der Waals surface area (Å²) in [5.74, 6) is -0.414. The van der Waals surface area contributed by atoms with Crippen LogP contribution in [0.5, 0.6) is 0 Å². The van der Waals surface area contributed by atoms with Gasteiger partial charge >= 0.3 is 0 Å². The van der Waals surface area contributed by atoms with Crippen LogP contribution in [0.3, 0.4) is 0 Å². The van der Waals surface area contributed by atoms with Crippen molar-refractivity contribution in [2.75, 3.05) is 13.2 Å². The predicted molar refractivity (Wildman–Crippen MR) is 127 cm³/mol. The Balaban J connectivity index is 1.57. The number of rotatable bonds is 6. The van der Waals surface area contributed by atoms with Gasteiger partial charge in [-0.25, -0.2) is 0 Å². The summed E-state index contributed by atoms with van der Waals surface area (Å²) in [5, 5.41) is 3.66. The number of carbonyl (C=O) groups is 3. The van der Waals surface area contributed by atoms with Crippen LogP contribution in [0.4, 0.5) is 0 Å². The molecule has 3 unspecified atom stereocenters. The molecule has 2 heterocycles. The summed E-state index contributed by atoms with van der Waals surface area (Å²) in [4.78, 5) is 40.5. The van der Waals surface area contributed by atoms with Gasteiger partial charge in [0.2, 0.25) is 5.91 Å². The highest BCUT2D eigenvalue weighted by Crippen LogP contribution is 2.29. The summed E-state index contributed by atoms with van der Waals surface area (Å²) < 4.78 is 5.51. The average Bonchev–Trinajstić information content (AvgIpc) is 3.38. The van der Waals surface area contributed by atoms with E-state index in [2.05, 4.69) is 19.2 Å². The number of ketones is 1. The highest BCUT2D eigenvalue weighted by atomic mass is 35.5. The molecule has 0 aromatic heterocycles. The molecule has 3 atom stereocenters. The van der Waals surface area contributed by atoms with Crippen molar-refractivity contribution in [2.24, 2.45) is 0 Å². The van der Waals surface area contributed by atoms with Gasteiger partial charge in [0.05, 0.1) is 16.1 Å². The van der Waals surface area contributed by atoms with Crippen LogP contribution in [0, 0.1) is 0 Å². The fraction of sp³-hybridized carbons (Fsp3) is 0.400. The fourth-order valence-electron chi connectivity index (χ4n) is 4.40. The number of hydrogen-bond donors (Lipinski definition) is 1. The molecule has 174 valence electrons. The van der Waals surface area contributed by atoms with Crippen LogP contribution < -0.4 is 5.32 Å². The molecule has 2 aliphatic heterocycles. The van der Waals surface area contributed by atoms with Crippen molar-refractivity contribution in [3.05, 3.63) is 69.2 Å². The van der Waals surface area contributed by atoms with Gasteiger partial charge in [-0.3, -0.25) is 14.4 Å². The predicted octanol–water partition coefficient (Wildman–Crippen LogP) is 4.03. The van der Waals surface area contributed by atoms with E-state index in [4.69, 9.17) is 27.9 Å². The Labute approximate surface area is 203 Å². The molecule has 2 aromatic carbocycles. The second-order valence-electron chi connectivity index (χ2n) is 8.84. The molecule has 0 aliphatic carbocycles. The molecule has 2 aliphatic rings. The summed E-state index contributed by atoms with van der Waals surface area (Å²) in [7, 11) is 0. The molecule has 2 saturated heterocycles. The molecule has 33 heavy (non-hydrogen) atoms. The van der Waals surface area contributed by atoms with Gasteiger partial charge in [0.15, 0.2) is 5.78 Å². The van der Waals surface area contributed by atoms with E-state index < -0.39 is 12.1 Å². The van der Waals surface area contributed by atoms with Crippen LogP contribution in [-0.2, 0) is 20.7 Å². The molecule has 0 spiro atoms. The number of fused-ring (bicyclic) bond motifs is 1. The van der Waals surface area contributed by atoms with Gasteiger partial charge in [0.25, 0.3) is 5.91 Å². The number of hydrogen-bond acceptors (Lipinski definition) is 4. The smallest absolute Gasteiger partial charge is 0.251 e. The van der Waals surface area contributed by atoms with Gasteiger partial charge in [0, 0.05) is 18.5 Å². The van der Waals surface area contributed by atoms with Crippen molar-refractivity contribution in [3.8, 4) is 0 Å². The molecule has 2 amide bonds. The Morgan fingerprint density at radius 3 is 2.52 bits per heavy atom. The summed E-state index contributed by atoms with van der Waals surface area (Å²) in [6, 6.07) is 11.0. The maximum Gasteiger partial charge on any atom is 0.251 e. The van der Waals surface area contributed by atoms with Crippen LogP contribution >= 0.6 is 23.2 Å². The molecule has 8 heteroatoms. The number of nitrogens with one attached hydrogen (secondary N) is 1. The third-order valence-corrected chi connectivity index (χ3v) is 7.00. The second-order valence-corrected chi connectivity index (χ2v) is 9.65. The van der Waals surface area contributed by atoms with Crippen molar-refractivity contribution in [3.63, 3.8) is 0 Å².